The van der Waals surface area contributed by atoms with E-state index in [2.05, 4.69) is 48.7 Å². The van der Waals surface area contributed by atoms with Crippen LogP contribution in [0.25, 0.3) is 21.3 Å². The Morgan fingerprint density at radius 2 is 1.96 bits per heavy atom. The summed E-state index contributed by atoms with van der Waals surface area (Å²) in [5, 5.41) is 6.48. The van der Waals surface area contributed by atoms with Gasteiger partial charge in [-0.1, -0.05) is 28.1 Å². The Morgan fingerprint density at radius 1 is 1.19 bits per heavy atom. The van der Waals surface area contributed by atoms with E-state index < -0.39 is 0 Å². The molecule has 0 bridgehead atoms. The van der Waals surface area contributed by atoms with E-state index in [-0.39, 0.29) is 5.91 Å². The summed E-state index contributed by atoms with van der Waals surface area (Å²) in [7, 11) is 0. The highest BCUT2D eigenvalue weighted by atomic mass is 79.9. The highest BCUT2D eigenvalue weighted by molar-refractivity contribution is 9.10. The maximum atomic E-state index is 12.2. The molecule has 0 saturated carbocycles. The van der Waals surface area contributed by atoms with E-state index in [0.29, 0.717) is 13.0 Å². The van der Waals surface area contributed by atoms with Crippen LogP contribution < -0.4 is 5.32 Å². The zero-order chi connectivity index (χ0) is 17.9. The molecule has 1 aliphatic heterocycles. The summed E-state index contributed by atoms with van der Waals surface area (Å²) in [6.07, 6.45) is 4.31. The molecule has 7 heteroatoms. The average molecular weight is 431 g/mol. The Balaban J connectivity index is 1.54. The first kappa shape index (κ1) is 17.4. The number of likely N-dealkylation sites (tertiary alicyclic amines) is 1. The maximum absolute atomic E-state index is 12.2. The number of hydrogen-bond donors (Lipinski definition) is 1. The largest absolute Gasteiger partial charge is 0.369 e. The number of carbonyl (C=O) groups is 1. The topological polar surface area (TPSA) is 58.1 Å². The average Bonchev–Trinajstić information content (AvgIpc) is 3.33. The molecule has 134 valence electrons. The van der Waals surface area contributed by atoms with Crippen LogP contribution in [0.3, 0.4) is 0 Å². The van der Waals surface area contributed by atoms with Crippen LogP contribution in [0.4, 0.5) is 5.82 Å². The van der Waals surface area contributed by atoms with Crippen molar-refractivity contribution < 1.29 is 4.79 Å². The van der Waals surface area contributed by atoms with Crippen LogP contribution in [-0.2, 0) is 4.79 Å². The standard InChI is InChI=1S/C19H19BrN4OS/c20-14-5-3-13(4-6-14)15-11-26-19-17(15)18(22-12-23-19)21-8-7-16(25)24-9-1-2-10-24/h3-6,11-12H,1-2,7-10H2,(H,21,22,23). The number of nitrogens with zero attached hydrogens (tertiary/aromatic N) is 3. The van der Waals surface area contributed by atoms with Gasteiger partial charge in [0.1, 0.15) is 17.0 Å². The van der Waals surface area contributed by atoms with Gasteiger partial charge in [0.25, 0.3) is 0 Å². The third-order valence-corrected chi connectivity index (χ3v) is 6.03. The molecule has 3 aromatic rings. The second kappa shape index (κ2) is 7.72. The van der Waals surface area contributed by atoms with Gasteiger partial charge in [-0.25, -0.2) is 9.97 Å². The van der Waals surface area contributed by atoms with E-state index >= 15 is 0 Å². The molecule has 0 radical (unpaired) electrons. The molecule has 26 heavy (non-hydrogen) atoms. The summed E-state index contributed by atoms with van der Waals surface area (Å²) in [4.78, 5) is 23.9. The van der Waals surface area contributed by atoms with E-state index in [9.17, 15) is 4.79 Å². The molecule has 4 rings (SSSR count). The van der Waals surface area contributed by atoms with Gasteiger partial charge < -0.3 is 10.2 Å². The number of amides is 1. The van der Waals surface area contributed by atoms with Crippen LogP contribution >= 0.6 is 27.3 Å². The number of aromatic nitrogens is 2. The summed E-state index contributed by atoms with van der Waals surface area (Å²) in [6, 6.07) is 8.23. The first-order chi connectivity index (χ1) is 12.7. The summed E-state index contributed by atoms with van der Waals surface area (Å²) in [6.45, 7) is 2.38. The number of anilines is 1. The van der Waals surface area contributed by atoms with Crippen LogP contribution in [0.1, 0.15) is 19.3 Å². The lowest BCUT2D eigenvalue weighted by Crippen LogP contribution is -2.29. The maximum Gasteiger partial charge on any atom is 0.224 e. The van der Waals surface area contributed by atoms with Crippen LogP contribution in [0.5, 0.6) is 0 Å². The van der Waals surface area contributed by atoms with Crippen molar-refractivity contribution in [2.45, 2.75) is 19.3 Å². The monoisotopic (exact) mass is 430 g/mol. The Bertz CT molecular complexity index is 919. The van der Waals surface area contributed by atoms with Crippen LogP contribution in [0.15, 0.2) is 40.4 Å². The number of carbonyl (C=O) groups excluding carboxylic acids is 1. The molecule has 0 aliphatic carbocycles. The first-order valence-corrected chi connectivity index (χ1v) is 10.4. The number of halogens is 1. The highest BCUT2D eigenvalue weighted by Gasteiger charge is 2.18. The Labute approximate surface area is 164 Å². The summed E-state index contributed by atoms with van der Waals surface area (Å²) in [5.74, 6) is 1.02. The fourth-order valence-corrected chi connectivity index (χ4v) is 4.44. The Kier molecular flexibility index (Phi) is 5.17. The van der Waals surface area contributed by atoms with Gasteiger partial charge in [0.15, 0.2) is 0 Å². The third-order valence-electron chi connectivity index (χ3n) is 4.62. The number of nitrogens with one attached hydrogen (secondary N) is 1. The van der Waals surface area contributed by atoms with Crippen molar-refractivity contribution in [1.29, 1.82) is 0 Å². The zero-order valence-electron chi connectivity index (χ0n) is 14.2. The van der Waals surface area contributed by atoms with Gasteiger partial charge in [0, 0.05) is 41.5 Å². The van der Waals surface area contributed by atoms with Crippen molar-refractivity contribution in [2.24, 2.45) is 0 Å². The molecule has 2 aromatic heterocycles. The van der Waals surface area contributed by atoms with E-state index in [1.165, 1.54) is 0 Å². The van der Waals surface area contributed by atoms with E-state index in [1.807, 2.05) is 17.0 Å². The number of rotatable bonds is 5. The lowest BCUT2D eigenvalue weighted by molar-refractivity contribution is -0.129. The zero-order valence-corrected chi connectivity index (χ0v) is 16.6. The van der Waals surface area contributed by atoms with E-state index in [4.69, 9.17) is 0 Å². The lowest BCUT2D eigenvalue weighted by Gasteiger charge is -2.15. The molecule has 1 fully saturated rings. The van der Waals surface area contributed by atoms with Gasteiger partial charge in [-0.2, -0.15) is 0 Å². The summed E-state index contributed by atoms with van der Waals surface area (Å²) in [5.41, 5.74) is 2.25. The lowest BCUT2D eigenvalue weighted by atomic mass is 10.1. The van der Waals surface area contributed by atoms with Gasteiger partial charge in [-0.05, 0) is 30.5 Å². The first-order valence-electron chi connectivity index (χ1n) is 8.72. The SMILES string of the molecule is O=C(CCNc1ncnc2scc(-c3ccc(Br)cc3)c12)N1CCCC1. The number of hydrogen-bond acceptors (Lipinski definition) is 5. The van der Waals surface area contributed by atoms with Crippen LogP contribution in [0.2, 0.25) is 0 Å². The van der Waals surface area contributed by atoms with Crippen molar-refractivity contribution >= 4 is 49.2 Å². The Morgan fingerprint density at radius 3 is 2.73 bits per heavy atom. The van der Waals surface area contributed by atoms with Gasteiger partial charge in [0.2, 0.25) is 5.91 Å². The summed E-state index contributed by atoms with van der Waals surface area (Å²) < 4.78 is 1.05. The highest BCUT2D eigenvalue weighted by Crippen LogP contribution is 2.36. The number of thiophene rings is 1. The second-order valence-electron chi connectivity index (χ2n) is 6.32. The van der Waals surface area contributed by atoms with Crippen molar-refractivity contribution in [3.63, 3.8) is 0 Å². The molecule has 0 unspecified atom stereocenters. The minimum Gasteiger partial charge on any atom is -0.369 e. The van der Waals surface area contributed by atoms with Crippen molar-refractivity contribution in [3.05, 3.63) is 40.4 Å². The fourth-order valence-electron chi connectivity index (χ4n) is 3.26. The second-order valence-corrected chi connectivity index (χ2v) is 8.10. The van der Waals surface area contributed by atoms with Gasteiger partial charge in [-0.15, -0.1) is 11.3 Å². The van der Waals surface area contributed by atoms with E-state index in [1.54, 1.807) is 17.7 Å². The van der Waals surface area contributed by atoms with Gasteiger partial charge in [-0.3, -0.25) is 4.79 Å². The molecule has 1 aliphatic rings. The van der Waals surface area contributed by atoms with Crippen molar-refractivity contribution in [2.75, 3.05) is 25.0 Å². The van der Waals surface area contributed by atoms with Gasteiger partial charge >= 0.3 is 0 Å². The molecule has 1 saturated heterocycles. The normalized spacial score (nSPS) is 14.1. The van der Waals surface area contributed by atoms with Gasteiger partial charge in [0.05, 0.1) is 5.39 Å². The predicted octanol–water partition coefficient (Wildman–Crippen LogP) is 4.55. The Hall–Kier alpha value is -1.99. The molecule has 5 nitrogen and oxygen atoms in total. The molecule has 1 aromatic carbocycles. The van der Waals surface area contributed by atoms with Crippen molar-refractivity contribution in [3.8, 4) is 11.1 Å². The molecular formula is C19H19BrN4OS. The minimum atomic E-state index is 0.221. The molecule has 1 N–H and O–H groups in total. The number of fused-ring (bicyclic) bond motifs is 1. The molecule has 0 spiro atoms. The number of benzene rings is 1. The third kappa shape index (κ3) is 3.59. The molecule has 0 atom stereocenters. The fraction of sp³-hybridized carbons (Fsp3) is 0.316. The van der Waals surface area contributed by atoms with Crippen molar-refractivity contribution in [1.82, 2.24) is 14.9 Å². The van der Waals surface area contributed by atoms with Crippen LogP contribution in [0, 0.1) is 0 Å². The predicted molar refractivity (Wildman–Crippen MR) is 109 cm³/mol. The summed E-state index contributed by atoms with van der Waals surface area (Å²) >= 11 is 5.09. The molecular weight excluding hydrogens is 412 g/mol. The molecule has 1 amide bonds. The molecule has 3 heterocycles. The quantitative estimate of drug-likeness (QED) is 0.644. The van der Waals surface area contributed by atoms with E-state index in [0.717, 1.165) is 57.6 Å². The minimum absolute atomic E-state index is 0.221. The van der Waals surface area contributed by atoms with Crippen LogP contribution in [-0.4, -0.2) is 40.4 Å². The smallest absolute Gasteiger partial charge is 0.224 e.